The van der Waals surface area contributed by atoms with Crippen LogP contribution in [-0.4, -0.2) is 0 Å². The molecule has 1 aromatic rings. The van der Waals surface area contributed by atoms with E-state index in [1.165, 1.54) is 33.4 Å². The number of hydrogen-bond acceptors (Lipinski definition) is 0. The summed E-state index contributed by atoms with van der Waals surface area (Å²) < 4.78 is 0. The zero-order valence-corrected chi connectivity index (χ0v) is 12.5. The Labute approximate surface area is 112 Å². The highest BCUT2D eigenvalue weighted by Crippen LogP contribution is 2.24. The van der Waals surface area contributed by atoms with Gasteiger partial charge in [-0.3, -0.25) is 0 Å². The molecule has 0 heterocycles. The van der Waals surface area contributed by atoms with Gasteiger partial charge in [-0.05, 0) is 69.4 Å². The third-order valence-electron chi connectivity index (χ3n) is 3.11. The Morgan fingerprint density at radius 3 is 1.83 bits per heavy atom. The normalized spacial score (nSPS) is 11.3. The van der Waals surface area contributed by atoms with E-state index in [9.17, 15) is 0 Å². The van der Waals surface area contributed by atoms with Crippen molar-refractivity contribution in [2.75, 3.05) is 0 Å². The molecule has 0 aliphatic carbocycles. The van der Waals surface area contributed by atoms with E-state index >= 15 is 0 Å². The van der Waals surface area contributed by atoms with E-state index in [2.05, 4.69) is 65.5 Å². The Kier molecular flexibility index (Phi) is 4.72. The van der Waals surface area contributed by atoms with Gasteiger partial charge in [0.1, 0.15) is 0 Å². The van der Waals surface area contributed by atoms with Crippen molar-refractivity contribution in [1.29, 1.82) is 0 Å². The summed E-state index contributed by atoms with van der Waals surface area (Å²) in [6.45, 7) is 16.8. The van der Waals surface area contributed by atoms with Gasteiger partial charge in [0.15, 0.2) is 0 Å². The molecule has 96 valence electrons. The van der Waals surface area contributed by atoms with Gasteiger partial charge in [0.05, 0.1) is 0 Å². The average molecular weight is 240 g/mol. The lowest BCUT2D eigenvalue weighted by Crippen LogP contribution is -1.91. The number of hydrogen-bond donors (Lipinski definition) is 0. The molecule has 0 heteroatoms. The first-order valence-corrected chi connectivity index (χ1v) is 6.41. The zero-order chi connectivity index (χ0) is 13.9. The molecule has 0 amide bonds. The molecule has 0 saturated carbocycles. The minimum absolute atomic E-state index is 1.08. The van der Waals surface area contributed by atoms with Gasteiger partial charge in [-0.15, -0.1) is 0 Å². The van der Waals surface area contributed by atoms with E-state index < -0.39 is 0 Å². The summed E-state index contributed by atoms with van der Waals surface area (Å²) in [5.41, 5.74) is 8.98. The SMILES string of the molecule is C=C(C)C=C(C=C(C)C)c1cc(C)c(C)c(C)c1. The largest absolute Gasteiger partial charge is 0.0961 e. The van der Waals surface area contributed by atoms with Crippen molar-refractivity contribution in [3.8, 4) is 0 Å². The molecule has 1 aromatic carbocycles. The Morgan fingerprint density at radius 2 is 1.44 bits per heavy atom. The van der Waals surface area contributed by atoms with Crippen LogP contribution in [0, 0.1) is 20.8 Å². The predicted molar refractivity (Wildman–Crippen MR) is 82.9 cm³/mol. The monoisotopic (exact) mass is 240 g/mol. The Bertz CT molecular complexity index is 498. The van der Waals surface area contributed by atoms with Crippen LogP contribution in [0.5, 0.6) is 0 Å². The van der Waals surface area contributed by atoms with E-state index in [0.717, 1.165) is 5.57 Å². The molecule has 0 spiro atoms. The molecule has 0 aromatic heterocycles. The van der Waals surface area contributed by atoms with Crippen molar-refractivity contribution in [3.05, 3.63) is 64.3 Å². The average Bonchev–Trinajstić information content (AvgIpc) is 2.23. The van der Waals surface area contributed by atoms with E-state index in [4.69, 9.17) is 0 Å². The summed E-state index contributed by atoms with van der Waals surface area (Å²) in [6.07, 6.45) is 4.37. The first kappa shape index (κ1) is 14.5. The van der Waals surface area contributed by atoms with Crippen molar-refractivity contribution in [2.45, 2.75) is 41.5 Å². The summed E-state index contributed by atoms with van der Waals surface area (Å²) in [5.74, 6) is 0. The lowest BCUT2D eigenvalue weighted by Gasteiger charge is -2.11. The molecule has 0 aliphatic heterocycles. The maximum atomic E-state index is 3.98. The number of rotatable bonds is 3. The molecule has 18 heavy (non-hydrogen) atoms. The molecule has 0 N–H and O–H groups in total. The maximum Gasteiger partial charge on any atom is -0.0178 e. The van der Waals surface area contributed by atoms with Gasteiger partial charge in [-0.2, -0.15) is 0 Å². The second-order valence-corrected chi connectivity index (χ2v) is 5.40. The fourth-order valence-electron chi connectivity index (χ4n) is 1.99. The topological polar surface area (TPSA) is 0 Å². The fourth-order valence-corrected chi connectivity index (χ4v) is 1.99. The molecule has 0 atom stereocenters. The molecule has 0 bridgehead atoms. The Morgan fingerprint density at radius 1 is 0.944 bits per heavy atom. The first-order chi connectivity index (χ1) is 8.31. The zero-order valence-electron chi connectivity index (χ0n) is 12.5. The number of aryl methyl sites for hydroxylation is 2. The van der Waals surface area contributed by atoms with E-state index in [1.54, 1.807) is 0 Å². The van der Waals surface area contributed by atoms with Crippen molar-refractivity contribution < 1.29 is 0 Å². The second kappa shape index (κ2) is 5.86. The summed E-state index contributed by atoms with van der Waals surface area (Å²) in [6, 6.07) is 4.52. The highest BCUT2D eigenvalue weighted by molar-refractivity contribution is 5.77. The summed E-state index contributed by atoms with van der Waals surface area (Å²) in [4.78, 5) is 0. The molecule has 0 fully saturated rings. The van der Waals surface area contributed by atoms with Gasteiger partial charge in [0.2, 0.25) is 0 Å². The predicted octanol–water partition coefficient (Wildman–Crippen LogP) is 5.54. The molecule has 0 unspecified atom stereocenters. The van der Waals surface area contributed by atoms with E-state index in [1.807, 2.05) is 6.92 Å². The van der Waals surface area contributed by atoms with Gasteiger partial charge in [-0.1, -0.05) is 42.0 Å². The fraction of sp³-hybridized carbons (Fsp3) is 0.333. The highest BCUT2D eigenvalue weighted by Gasteiger charge is 2.04. The number of allylic oxidation sites excluding steroid dienone is 5. The summed E-state index contributed by atoms with van der Waals surface area (Å²) >= 11 is 0. The van der Waals surface area contributed by atoms with Crippen LogP contribution in [0.2, 0.25) is 0 Å². The van der Waals surface area contributed by atoms with Crippen LogP contribution in [0.15, 0.2) is 42.0 Å². The van der Waals surface area contributed by atoms with Gasteiger partial charge >= 0.3 is 0 Å². The summed E-state index contributed by atoms with van der Waals surface area (Å²) in [5, 5.41) is 0. The van der Waals surface area contributed by atoms with Crippen molar-refractivity contribution in [1.82, 2.24) is 0 Å². The van der Waals surface area contributed by atoms with Crippen molar-refractivity contribution in [3.63, 3.8) is 0 Å². The first-order valence-electron chi connectivity index (χ1n) is 6.41. The molecular formula is C18H24. The van der Waals surface area contributed by atoms with Crippen molar-refractivity contribution in [2.24, 2.45) is 0 Å². The summed E-state index contributed by atoms with van der Waals surface area (Å²) in [7, 11) is 0. The standard InChI is InChI=1S/C18H24/c1-12(2)8-17(9-13(3)4)18-10-14(5)16(7)15(6)11-18/h8-11H,1H2,2-7H3. The molecule has 0 nitrogen and oxygen atoms in total. The maximum absolute atomic E-state index is 3.98. The van der Waals surface area contributed by atoms with E-state index in [0.29, 0.717) is 0 Å². The van der Waals surface area contributed by atoms with Crippen LogP contribution in [0.25, 0.3) is 5.57 Å². The molecule has 0 saturated heterocycles. The van der Waals surface area contributed by atoms with Crippen LogP contribution in [0.4, 0.5) is 0 Å². The van der Waals surface area contributed by atoms with Gasteiger partial charge in [-0.25, -0.2) is 0 Å². The molecule has 1 rings (SSSR count). The molecule has 0 aliphatic rings. The van der Waals surface area contributed by atoms with Gasteiger partial charge in [0, 0.05) is 0 Å². The third-order valence-corrected chi connectivity index (χ3v) is 3.11. The van der Waals surface area contributed by atoms with Crippen molar-refractivity contribution >= 4 is 5.57 Å². The van der Waals surface area contributed by atoms with Crippen LogP contribution in [-0.2, 0) is 0 Å². The van der Waals surface area contributed by atoms with Gasteiger partial charge in [0.25, 0.3) is 0 Å². The second-order valence-electron chi connectivity index (χ2n) is 5.40. The van der Waals surface area contributed by atoms with Crippen LogP contribution < -0.4 is 0 Å². The third kappa shape index (κ3) is 3.73. The van der Waals surface area contributed by atoms with Gasteiger partial charge < -0.3 is 0 Å². The Balaban J connectivity index is 3.40. The lowest BCUT2D eigenvalue weighted by atomic mass is 9.94. The minimum atomic E-state index is 1.08. The number of benzene rings is 1. The quantitative estimate of drug-likeness (QED) is 0.609. The minimum Gasteiger partial charge on any atom is -0.0961 e. The van der Waals surface area contributed by atoms with Crippen LogP contribution >= 0.6 is 0 Å². The smallest absolute Gasteiger partial charge is 0.0178 e. The van der Waals surface area contributed by atoms with E-state index in [-0.39, 0.29) is 0 Å². The van der Waals surface area contributed by atoms with Crippen LogP contribution in [0.3, 0.4) is 0 Å². The Hall–Kier alpha value is -1.56. The molecular weight excluding hydrogens is 216 g/mol. The van der Waals surface area contributed by atoms with Crippen LogP contribution in [0.1, 0.15) is 43.0 Å². The lowest BCUT2D eigenvalue weighted by molar-refractivity contribution is 1.25. The highest BCUT2D eigenvalue weighted by atomic mass is 14.1. The molecule has 0 radical (unpaired) electrons.